The molecule has 1 heterocycles. The van der Waals surface area contributed by atoms with Crippen molar-refractivity contribution in [2.24, 2.45) is 0 Å². The van der Waals surface area contributed by atoms with Gasteiger partial charge < -0.3 is 0 Å². The molecule has 0 atom stereocenters. The number of rotatable bonds is 1. The molecule has 0 aliphatic carbocycles. The van der Waals surface area contributed by atoms with Crippen LogP contribution in [0.4, 0.5) is 0 Å². The number of hydrogen-bond acceptors (Lipinski definition) is 2. The van der Waals surface area contributed by atoms with Gasteiger partial charge in [-0.1, -0.05) is 6.42 Å². The molecule has 0 saturated carbocycles. The lowest BCUT2D eigenvalue weighted by Crippen LogP contribution is -2.25. The van der Waals surface area contributed by atoms with Gasteiger partial charge in [0.1, 0.15) is 0 Å². The molecule has 0 aromatic rings. The second-order valence-electron chi connectivity index (χ2n) is 2.31. The molecule has 0 amide bonds. The van der Waals surface area contributed by atoms with Gasteiger partial charge in [0.05, 0.1) is 12.6 Å². The topological polar surface area (TPSA) is 27.0 Å². The Balaban J connectivity index is 2.17. The first-order chi connectivity index (χ1) is 4.43. The van der Waals surface area contributed by atoms with E-state index >= 15 is 0 Å². The summed E-state index contributed by atoms with van der Waals surface area (Å²) in [5.74, 6) is 0. The second kappa shape index (κ2) is 3.47. The Morgan fingerprint density at radius 3 is 3.00 bits per heavy atom. The maximum Gasteiger partial charge on any atom is 0.0868 e. The van der Waals surface area contributed by atoms with Crippen molar-refractivity contribution in [3.63, 3.8) is 0 Å². The molecule has 0 aromatic heterocycles. The first-order valence-corrected chi connectivity index (χ1v) is 3.38. The third kappa shape index (κ3) is 2.03. The van der Waals surface area contributed by atoms with E-state index in [0.717, 1.165) is 13.0 Å². The molecule has 1 aliphatic rings. The van der Waals surface area contributed by atoms with Crippen molar-refractivity contribution in [2.45, 2.75) is 19.3 Å². The van der Waals surface area contributed by atoms with Crippen LogP contribution in [0, 0.1) is 17.9 Å². The minimum Gasteiger partial charge on any atom is -0.286 e. The van der Waals surface area contributed by atoms with Crippen molar-refractivity contribution in [1.82, 2.24) is 4.90 Å². The quantitative estimate of drug-likeness (QED) is 0.489. The molecular weight excluding hydrogens is 112 g/mol. The normalized spacial score (nSPS) is 21.2. The lowest BCUT2D eigenvalue weighted by Gasteiger charge is -2.22. The van der Waals surface area contributed by atoms with Crippen molar-refractivity contribution in [2.75, 3.05) is 13.1 Å². The molecule has 0 aromatic carbocycles. The van der Waals surface area contributed by atoms with Crippen molar-refractivity contribution < 1.29 is 0 Å². The van der Waals surface area contributed by atoms with Gasteiger partial charge in [0.25, 0.3) is 0 Å². The van der Waals surface area contributed by atoms with Crippen molar-refractivity contribution in [3.8, 4) is 6.07 Å². The predicted molar refractivity (Wildman–Crippen MR) is 35.3 cm³/mol. The standard InChI is InChI=1S/C7H11N2/c8-4-7-9-5-2-1-3-6-9/h5H,1-3,6-7H2. The van der Waals surface area contributed by atoms with Gasteiger partial charge in [-0.25, -0.2) is 0 Å². The molecule has 2 nitrogen and oxygen atoms in total. The molecule has 9 heavy (non-hydrogen) atoms. The van der Waals surface area contributed by atoms with Crippen LogP contribution in [-0.2, 0) is 0 Å². The molecule has 0 unspecified atom stereocenters. The highest BCUT2D eigenvalue weighted by molar-refractivity contribution is 4.83. The summed E-state index contributed by atoms with van der Waals surface area (Å²) >= 11 is 0. The van der Waals surface area contributed by atoms with Gasteiger partial charge in [0.15, 0.2) is 0 Å². The molecule has 2 heteroatoms. The monoisotopic (exact) mass is 123 g/mol. The summed E-state index contributed by atoms with van der Waals surface area (Å²) in [6.07, 6.45) is 3.70. The second-order valence-corrected chi connectivity index (χ2v) is 2.31. The first-order valence-electron chi connectivity index (χ1n) is 3.38. The van der Waals surface area contributed by atoms with Gasteiger partial charge >= 0.3 is 0 Å². The number of likely N-dealkylation sites (tertiary alicyclic amines) is 1. The highest BCUT2D eigenvalue weighted by atomic mass is 15.1. The van der Waals surface area contributed by atoms with Gasteiger partial charge in [0, 0.05) is 6.54 Å². The fraction of sp³-hybridized carbons (Fsp3) is 0.714. The Morgan fingerprint density at radius 2 is 2.44 bits per heavy atom. The first kappa shape index (κ1) is 6.57. The zero-order valence-electron chi connectivity index (χ0n) is 5.51. The summed E-state index contributed by atoms with van der Waals surface area (Å²) in [5.41, 5.74) is 0. The molecule has 0 spiro atoms. The Labute approximate surface area is 56.1 Å². The SMILES string of the molecule is N#CCN1[CH]CCCC1. The van der Waals surface area contributed by atoms with Crippen LogP contribution in [0.3, 0.4) is 0 Å². The van der Waals surface area contributed by atoms with Crippen LogP contribution in [0.1, 0.15) is 19.3 Å². The average molecular weight is 123 g/mol. The maximum atomic E-state index is 8.31. The van der Waals surface area contributed by atoms with Crippen LogP contribution in [0.15, 0.2) is 0 Å². The van der Waals surface area contributed by atoms with Gasteiger partial charge in [-0.15, -0.1) is 0 Å². The Bertz CT molecular complexity index is 109. The van der Waals surface area contributed by atoms with Gasteiger partial charge in [-0.2, -0.15) is 5.26 Å². The minimum absolute atomic E-state index is 0.569. The van der Waals surface area contributed by atoms with E-state index in [1.807, 2.05) is 0 Å². The smallest absolute Gasteiger partial charge is 0.0868 e. The third-order valence-corrected chi connectivity index (χ3v) is 1.56. The molecule has 1 fully saturated rings. The number of piperidine rings is 1. The number of hydrogen-bond donors (Lipinski definition) is 0. The molecule has 49 valence electrons. The lowest BCUT2D eigenvalue weighted by atomic mass is 10.1. The number of nitrogens with zero attached hydrogens (tertiary/aromatic N) is 2. The predicted octanol–water partition coefficient (Wildman–Crippen LogP) is 1.16. The van der Waals surface area contributed by atoms with Crippen molar-refractivity contribution in [3.05, 3.63) is 6.54 Å². The van der Waals surface area contributed by atoms with E-state index in [2.05, 4.69) is 17.5 Å². The fourth-order valence-corrected chi connectivity index (χ4v) is 1.06. The molecule has 0 N–H and O–H groups in total. The molecule has 0 bridgehead atoms. The van der Waals surface area contributed by atoms with E-state index in [-0.39, 0.29) is 0 Å². The van der Waals surface area contributed by atoms with Gasteiger partial charge in [0.2, 0.25) is 0 Å². The van der Waals surface area contributed by atoms with E-state index in [1.54, 1.807) is 0 Å². The maximum absolute atomic E-state index is 8.31. The average Bonchev–Trinajstić information content (AvgIpc) is 1.91. The highest BCUT2D eigenvalue weighted by Gasteiger charge is 2.08. The molecule has 1 radical (unpaired) electrons. The Morgan fingerprint density at radius 1 is 1.56 bits per heavy atom. The van der Waals surface area contributed by atoms with Gasteiger partial charge in [-0.3, -0.25) is 4.90 Å². The van der Waals surface area contributed by atoms with Crippen LogP contribution in [0.25, 0.3) is 0 Å². The van der Waals surface area contributed by atoms with E-state index < -0.39 is 0 Å². The molecule has 1 aliphatic heterocycles. The summed E-state index contributed by atoms with van der Waals surface area (Å²) in [5, 5.41) is 8.31. The molecule has 1 saturated heterocycles. The zero-order valence-corrected chi connectivity index (χ0v) is 5.51. The summed E-state index contributed by atoms with van der Waals surface area (Å²) in [7, 11) is 0. The van der Waals surface area contributed by atoms with E-state index in [0.29, 0.717) is 6.54 Å². The van der Waals surface area contributed by atoms with Crippen molar-refractivity contribution >= 4 is 0 Å². The van der Waals surface area contributed by atoms with Crippen molar-refractivity contribution in [1.29, 1.82) is 5.26 Å². The van der Waals surface area contributed by atoms with E-state index in [9.17, 15) is 0 Å². The van der Waals surface area contributed by atoms with Crippen LogP contribution >= 0.6 is 0 Å². The van der Waals surface area contributed by atoms with Crippen LogP contribution < -0.4 is 0 Å². The zero-order chi connectivity index (χ0) is 6.53. The highest BCUT2D eigenvalue weighted by Crippen LogP contribution is 2.10. The van der Waals surface area contributed by atoms with Gasteiger partial charge in [-0.05, 0) is 19.4 Å². The number of nitriles is 1. The molecular formula is C7H11N2. The molecule has 1 rings (SSSR count). The largest absolute Gasteiger partial charge is 0.286 e. The summed E-state index contributed by atoms with van der Waals surface area (Å²) in [6, 6.07) is 2.13. The van der Waals surface area contributed by atoms with E-state index in [4.69, 9.17) is 5.26 Å². The Kier molecular flexibility index (Phi) is 2.53. The fourth-order valence-electron chi connectivity index (χ4n) is 1.06. The summed E-state index contributed by atoms with van der Waals surface area (Å²) in [4.78, 5) is 2.09. The van der Waals surface area contributed by atoms with Crippen LogP contribution in [0.5, 0.6) is 0 Å². The Hall–Kier alpha value is -0.550. The third-order valence-electron chi connectivity index (χ3n) is 1.56. The van der Waals surface area contributed by atoms with Crippen LogP contribution in [-0.4, -0.2) is 18.0 Å². The minimum atomic E-state index is 0.569. The van der Waals surface area contributed by atoms with Crippen LogP contribution in [0.2, 0.25) is 0 Å². The summed E-state index contributed by atoms with van der Waals surface area (Å²) < 4.78 is 0. The van der Waals surface area contributed by atoms with E-state index in [1.165, 1.54) is 12.8 Å². The summed E-state index contributed by atoms with van der Waals surface area (Å²) in [6.45, 7) is 3.78. The lowest BCUT2D eigenvalue weighted by molar-refractivity contribution is 0.311.